The van der Waals surface area contributed by atoms with E-state index >= 15 is 0 Å². The van der Waals surface area contributed by atoms with E-state index in [0.717, 1.165) is 33.9 Å². The highest BCUT2D eigenvalue weighted by Gasteiger charge is 2.17. The van der Waals surface area contributed by atoms with Crippen LogP contribution in [0, 0.1) is 11.3 Å². The van der Waals surface area contributed by atoms with Gasteiger partial charge in [-0.15, -0.1) is 11.8 Å². The molecule has 0 saturated carbocycles. The summed E-state index contributed by atoms with van der Waals surface area (Å²) < 4.78 is 5.29. The maximum atomic E-state index is 10.6. The van der Waals surface area contributed by atoms with Gasteiger partial charge in [-0.3, -0.25) is 0 Å². The Balaban J connectivity index is 1.56. The molecule has 1 heterocycles. The molecule has 0 amide bonds. The van der Waals surface area contributed by atoms with Crippen LogP contribution in [0.25, 0.3) is 22.4 Å². The molecule has 1 atom stereocenters. The fourth-order valence-electron chi connectivity index (χ4n) is 3.60. The normalized spacial score (nSPS) is 11.6. The second-order valence-electron chi connectivity index (χ2n) is 7.91. The number of thioether (sulfide) groups is 2. The third-order valence-electron chi connectivity index (χ3n) is 5.40. The van der Waals surface area contributed by atoms with Crippen molar-refractivity contribution in [2.45, 2.75) is 16.9 Å². The first kappa shape index (κ1) is 24.9. The molecule has 1 unspecified atom stereocenters. The Morgan fingerprint density at radius 1 is 0.914 bits per heavy atom. The predicted molar refractivity (Wildman–Crippen MR) is 146 cm³/mol. The maximum Gasteiger partial charge on any atom is 0.118 e. The van der Waals surface area contributed by atoms with Crippen LogP contribution in [-0.2, 0) is 5.75 Å². The molecule has 1 N–H and O–H groups in total. The summed E-state index contributed by atoms with van der Waals surface area (Å²) in [6.45, 7) is 0. The van der Waals surface area contributed by atoms with E-state index in [-0.39, 0.29) is 0 Å². The second kappa shape index (κ2) is 12.5. The van der Waals surface area contributed by atoms with Crippen LogP contribution in [0.1, 0.15) is 11.1 Å². The van der Waals surface area contributed by atoms with Gasteiger partial charge in [-0.05, 0) is 41.5 Å². The zero-order chi connectivity index (χ0) is 24.5. The van der Waals surface area contributed by atoms with Crippen molar-refractivity contribution < 1.29 is 9.84 Å². The first-order chi connectivity index (χ1) is 17.2. The number of pyridine rings is 1. The largest absolute Gasteiger partial charge is 0.497 e. The van der Waals surface area contributed by atoms with Gasteiger partial charge in [-0.2, -0.15) is 17.0 Å². The van der Waals surface area contributed by atoms with E-state index in [1.807, 2.05) is 78.9 Å². The number of nitriles is 1. The quantitative estimate of drug-likeness (QED) is 0.246. The SMILES string of the molecule is COc1ccc(-c2cc(-c3ccccc3)c(C#N)c(SCC(O)CSCc3ccccc3)n2)cc1. The van der Waals surface area contributed by atoms with Gasteiger partial charge in [0.25, 0.3) is 0 Å². The van der Waals surface area contributed by atoms with Gasteiger partial charge < -0.3 is 9.84 Å². The van der Waals surface area contributed by atoms with Crippen LogP contribution in [0.2, 0.25) is 0 Å². The van der Waals surface area contributed by atoms with Crippen LogP contribution < -0.4 is 4.74 Å². The zero-order valence-corrected chi connectivity index (χ0v) is 21.1. The van der Waals surface area contributed by atoms with Crippen molar-refractivity contribution in [1.82, 2.24) is 4.98 Å². The van der Waals surface area contributed by atoms with Crippen LogP contribution in [-0.4, -0.2) is 34.8 Å². The number of aromatic nitrogens is 1. The number of ether oxygens (including phenoxy) is 1. The molecule has 35 heavy (non-hydrogen) atoms. The van der Waals surface area contributed by atoms with Crippen molar-refractivity contribution in [2.75, 3.05) is 18.6 Å². The molecule has 0 fully saturated rings. The lowest BCUT2D eigenvalue weighted by Crippen LogP contribution is -2.13. The molecule has 3 aromatic carbocycles. The van der Waals surface area contributed by atoms with E-state index in [0.29, 0.717) is 22.1 Å². The van der Waals surface area contributed by atoms with E-state index in [1.165, 1.54) is 17.3 Å². The topological polar surface area (TPSA) is 66.1 Å². The third kappa shape index (κ3) is 6.67. The number of hydrogen-bond acceptors (Lipinski definition) is 6. The van der Waals surface area contributed by atoms with Crippen molar-refractivity contribution in [2.24, 2.45) is 0 Å². The number of methoxy groups -OCH3 is 1. The molecule has 0 aliphatic rings. The van der Waals surface area contributed by atoms with E-state index in [2.05, 4.69) is 18.2 Å². The minimum atomic E-state index is -0.508. The highest BCUT2D eigenvalue weighted by atomic mass is 32.2. The molecule has 4 aromatic rings. The predicted octanol–water partition coefficient (Wildman–Crippen LogP) is 6.68. The molecule has 6 heteroatoms. The van der Waals surface area contributed by atoms with Gasteiger partial charge in [0.15, 0.2) is 0 Å². The molecule has 4 nitrogen and oxygen atoms in total. The lowest BCUT2D eigenvalue weighted by molar-refractivity contribution is 0.225. The van der Waals surface area contributed by atoms with Crippen LogP contribution in [0.5, 0.6) is 5.75 Å². The Labute approximate surface area is 215 Å². The monoisotopic (exact) mass is 498 g/mol. The van der Waals surface area contributed by atoms with Crippen LogP contribution in [0.3, 0.4) is 0 Å². The Hall–Kier alpha value is -3.24. The molecule has 0 bridgehead atoms. The minimum Gasteiger partial charge on any atom is -0.497 e. The summed E-state index contributed by atoms with van der Waals surface area (Å²) in [5.74, 6) is 2.71. The second-order valence-corrected chi connectivity index (χ2v) is 9.95. The van der Waals surface area contributed by atoms with Crippen LogP contribution >= 0.6 is 23.5 Å². The number of aliphatic hydroxyl groups is 1. The molecular formula is C29H26N2O2S2. The van der Waals surface area contributed by atoms with Crippen molar-refractivity contribution in [3.8, 4) is 34.2 Å². The summed E-state index contributed by atoms with van der Waals surface area (Å²) in [5, 5.41) is 21.3. The molecule has 0 spiro atoms. The average molecular weight is 499 g/mol. The molecule has 0 aliphatic carbocycles. The van der Waals surface area contributed by atoms with Gasteiger partial charge in [0.2, 0.25) is 0 Å². The summed E-state index contributed by atoms with van der Waals surface area (Å²) in [6.07, 6.45) is -0.508. The van der Waals surface area contributed by atoms with E-state index in [4.69, 9.17) is 9.72 Å². The van der Waals surface area contributed by atoms with Gasteiger partial charge in [0.05, 0.1) is 24.5 Å². The molecule has 176 valence electrons. The van der Waals surface area contributed by atoms with E-state index in [9.17, 15) is 10.4 Å². The van der Waals surface area contributed by atoms with Gasteiger partial charge in [0.1, 0.15) is 16.8 Å². The van der Waals surface area contributed by atoms with Crippen molar-refractivity contribution >= 4 is 23.5 Å². The summed E-state index contributed by atoms with van der Waals surface area (Å²) in [7, 11) is 1.64. The van der Waals surface area contributed by atoms with Crippen molar-refractivity contribution in [3.63, 3.8) is 0 Å². The highest BCUT2D eigenvalue weighted by Crippen LogP contribution is 2.35. The Morgan fingerprint density at radius 3 is 2.26 bits per heavy atom. The molecule has 0 radical (unpaired) electrons. The lowest BCUT2D eigenvalue weighted by Gasteiger charge is -2.14. The first-order valence-electron chi connectivity index (χ1n) is 11.3. The summed E-state index contributed by atoms with van der Waals surface area (Å²) in [5.41, 5.74) is 5.29. The average Bonchev–Trinajstić information content (AvgIpc) is 2.92. The minimum absolute atomic E-state index is 0.462. The highest BCUT2D eigenvalue weighted by molar-refractivity contribution is 7.99. The first-order valence-corrected chi connectivity index (χ1v) is 13.4. The Morgan fingerprint density at radius 2 is 1.60 bits per heavy atom. The van der Waals surface area contributed by atoms with Crippen LogP contribution in [0.15, 0.2) is 96.0 Å². The zero-order valence-electron chi connectivity index (χ0n) is 19.4. The standard InChI is InChI=1S/C29H26N2O2S2/c1-33-25-14-12-23(13-15-25)28-16-26(22-10-6-3-7-11-22)27(17-30)29(31-28)35-20-24(32)19-34-18-21-8-4-2-5-9-21/h2-16,24,32H,18-20H2,1H3. The Kier molecular flexibility index (Phi) is 8.85. The number of rotatable bonds is 10. The number of aliphatic hydroxyl groups excluding tert-OH is 1. The Bertz CT molecular complexity index is 1270. The molecular weight excluding hydrogens is 472 g/mol. The molecule has 0 saturated heterocycles. The summed E-state index contributed by atoms with van der Waals surface area (Å²) in [6, 6.07) is 32.2. The molecule has 1 aromatic heterocycles. The fourth-order valence-corrected chi connectivity index (χ4v) is 5.62. The number of benzene rings is 3. The smallest absolute Gasteiger partial charge is 0.118 e. The lowest BCUT2D eigenvalue weighted by atomic mass is 9.99. The third-order valence-corrected chi connectivity index (χ3v) is 7.68. The van der Waals surface area contributed by atoms with Gasteiger partial charge in [0, 0.05) is 28.4 Å². The number of hydrogen-bond donors (Lipinski definition) is 1. The van der Waals surface area contributed by atoms with Crippen LogP contribution in [0.4, 0.5) is 0 Å². The van der Waals surface area contributed by atoms with Crippen molar-refractivity contribution in [3.05, 3.63) is 102 Å². The van der Waals surface area contributed by atoms with Gasteiger partial charge >= 0.3 is 0 Å². The molecule has 0 aliphatic heterocycles. The fraction of sp³-hybridized carbons (Fsp3) is 0.172. The number of nitrogens with zero attached hydrogens (tertiary/aromatic N) is 2. The van der Waals surface area contributed by atoms with E-state index in [1.54, 1.807) is 18.9 Å². The van der Waals surface area contributed by atoms with E-state index < -0.39 is 6.10 Å². The molecule has 4 rings (SSSR count). The van der Waals surface area contributed by atoms with Gasteiger partial charge in [-0.1, -0.05) is 60.7 Å². The maximum absolute atomic E-state index is 10.6. The van der Waals surface area contributed by atoms with Crippen molar-refractivity contribution in [1.29, 1.82) is 5.26 Å². The van der Waals surface area contributed by atoms with Gasteiger partial charge in [-0.25, -0.2) is 4.98 Å². The summed E-state index contributed by atoms with van der Waals surface area (Å²) in [4.78, 5) is 4.84. The summed E-state index contributed by atoms with van der Waals surface area (Å²) >= 11 is 3.13.